The largest absolute Gasteiger partial charge is 0.454 e. The molecule has 22 heavy (non-hydrogen) atoms. The van der Waals surface area contributed by atoms with E-state index >= 15 is 0 Å². The van der Waals surface area contributed by atoms with Crippen LogP contribution in [0.4, 0.5) is 0 Å². The maximum atomic E-state index is 6.03. The van der Waals surface area contributed by atoms with Crippen molar-refractivity contribution < 1.29 is 9.47 Å². The van der Waals surface area contributed by atoms with Crippen LogP contribution in [0.5, 0.6) is 11.5 Å². The maximum absolute atomic E-state index is 6.03. The molecule has 1 aliphatic rings. The molecule has 0 amide bonds. The van der Waals surface area contributed by atoms with Crippen LogP contribution >= 0.6 is 11.3 Å². The van der Waals surface area contributed by atoms with Gasteiger partial charge in [0.1, 0.15) is 0 Å². The summed E-state index contributed by atoms with van der Waals surface area (Å²) in [7, 11) is 0. The van der Waals surface area contributed by atoms with E-state index in [2.05, 4.69) is 18.2 Å². The van der Waals surface area contributed by atoms with Crippen LogP contribution in [0.1, 0.15) is 23.2 Å². The Morgan fingerprint density at radius 3 is 2.86 bits per heavy atom. The first-order valence-electron chi connectivity index (χ1n) is 7.32. The second-order valence-electron chi connectivity index (χ2n) is 5.26. The second-order valence-corrected chi connectivity index (χ2v) is 6.44. The van der Waals surface area contributed by atoms with Crippen LogP contribution in [-0.4, -0.2) is 16.2 Å². The fourth-order valence-corrected chi connectivity index (χ4v) is 4.08. The van der Waals surface area contributed by atoms with E-state index in [1.165, 1.54) is 10.6 Å². The number of imidazole rings is 1. The number of rotatable bonds is 3. The summed E-state index contributed by atoms with van der Waals surface area (Å²) in [5, 5.41) is 0. The third-order valence-corrected chi connectivity index (χ3v) is 5.04. The van der Waals surface area contributed by atoms with Gasteiger partial charge in [-0.05, 0) is 31.5 Å². The highest BCUT2D eigenvalue weighted by Gasteiger charge is 2.21. The third-order valence-electron chi connectivity index (χ3n) is 4.04. The average molecular weight is 315 g/mol. The van der Waals surface area contributed by atoms with Crippen LogP contribution in [0.3, 0.4) is 0 Å². The first-order chi connectivity index (χ1) is 10.7. The van der Waals surface area contributed by atoms with Crippen molar-refractivity contribution >= 4 is 16.3 Å². The van der Waals surface area contributed by atoms with Crippen molar-refractivity contribution in [3.8, 4) is 22.8 Å². The Bertz CT molecular complexity index is 866. The van der Waals surface area contributed by atoms with E-state index in [0.29, 0.717) is 6.54 Å². The minimum Gasteiger partial charge on any atom is -0.454 e. The molecule has 0 atom stereocenters. The van der Waals surface area contributed by atoms with E-state index in [0.717, 1.165) is 39.8 Å². The first-order valence-corrected chi connectivity index (χ1v) is 8.14. The fraction of sp³-hybridized carbons (Fsp3) is 0.312. The molecule has 6 heteroatoms. The van der Waals surface area contributed by atoms with Crippen molar-refractivity contribution in [2.75, 3.05) is 6.79 Å². The van der Waals surface area contributed by atoms with E-state index < -0.39 is 0 Å². The molecule has 1 aromatic carbocycles. The van der Waals surface area contributed by atoms with E-state index in [1.807, 2.05) is 18.2 Å². The number of aromatic nitrogens is 2. The Labute approximate surface area is 132 Å². The molecule has 0 saturated heterocycles. The first kappa shape index (κ1) is 13.6. The fourth-order valence-electron chi connectivity index (χ4n) is 3.00. The summed E-state index contributed by atoms with van der Waals surface area (Å²) in [5.41, 5.74) is 10.3. The number of nitrogens with zero attached hydrogens (tertiary/aromatic N) is 2. The van der Waals surface area contributed by atoms with Gasteiger partial charge in [0, 0.05) is 22.7 Å². The van der Waals surface area contributed by atoms with Gasteiger partial charge in [0.05, 0.1) is 11.4 Å². The van der Waals surface area contributed by atoms with Crippen LogP contribution in [0.25, 0.3) is 16.2 Å². The molecule has 0 aliphatic carbocycles. The van der Waals surface area contributed by atoms with Gasteiger partial charge in [-0.1, -0.05) is 6.92 Å². The predicted octanol–water partition coefficient (Wildman–Crippen LogP) is 3.12. The normalized spacial score (nSPS) is 13.2. The van der Waals surface area contributed by atoms with E-state index in [-0.39, 0.29) is 6.79 Å². The lowest BCUT2D eigenvalue weighted by Gasteiger charge is -2.05. The topological polar surface area (TPSA) is 61.8 Å². The highest BCUT2D eigenvalue weighted by Crippen LogP contribution is 2.38. The molecule has 3 aromatic rings. The molecule has 2 aromatic heterocycles. The lowest BCUT2D eigenvalue weighted by atomic mass is 10.1. The minimum absolute atomic E-state index is 0.278. The smallest absolute Gasteiger partial charge is 0.231 e. The third kappa shape index (κ3) is 1.84. The minimum atomic E-state index is 0.278. The van der Waals surface area contributed by atoms with Crippen molar-refractivity contribution in [3.05, 3.63) is 34.5 Å². The van der Waals surface area contributed by atoms with E-state index in [1.54, 1.807) is 11.3 Å². The van der Waals surface area contributed by atoms with Crippen molar-refractivity contribution in [3.63, 3.8) is 0 Å². The van der Waals surface area contributed by atoms with Gasteiger partial charge in [-0.2, -0.15) is 0 Å². The summed E-state index contributed by atoms with van der Waals surface area (Å²) in [4.78, 5) is 7.12. The van der Waals surface area contributed by atoms with Gasteiger partial charge < -0.3 is 15.2 Å². The Kier molecular flexibility index (Phi) is 3.09. The molecule has 0 spiro atoms. The number of thiazole rings is 1. The van der Waals surface area contributed by atoms with Gasteiger partial charge in [0.2, 0.25) is 6.79 Å². The predicted molar refractivity (Wildman–Crippen MR) is 86.6 cm³/mol. The Morgan fingerprint density at radius 2 is 2.09 bits per heavy atom. The lowest BCUT2D eigenvalue weighted by Crippen LogP contribution is -2.04. The number of benzene rings is 1. The summed E-state index contributed by atoms with van der Waals surface area (Å²) < 4.78 is 13.0. The Balaban J connectivity index is 1.93. The zero-order valence-electron chi connectivity index (χ0n) is 12.5. The quantitative estimate of drug-likeness (QED) is 0.806. The molecule has 0 bridgehead atoms. The van der Waals surface area contributed by atoms with Gasteiger partial charge in [0.25, 0.3) is 0 Å². The number of nitrogens with two attached hydrogens (primary N) is 1. The average Bonchev–Trinajstić information content (AvgIpc) is 3.18. The molecule has 0 unspecified atom stereocenters. The van der Waals surface area contributed by atoms with Gasteiger partial charge in [-0.3, -0.25) is 4.40 Å². The van der Waals surface area contributed by atoms with Crippen molar-refractivity contribution in [1.82, 2.24) is 9.38 Å². The zero-order chi connectivity index (χ0) is 15.3. The van der Waals surface area contributed by atoms with Crippen LogP contribution in [-0.2, 0) is 13.0 Å². The van der Waals surface area contributed by atoms with Gasteiger partial charge >= 0.3 is 0 Å². The van der Waals surface area contributed by atoms with Crippen LogP contribution in [0.2, 0.25) is 0 Å². The molecule has 1 aliphatic heterocycles. The maximum Gasteiger partial charge on any atom is 0.231 e. The van der Waals surface area contributed by atoms with Gasteiger partial charge in [0.15, 0.2) is 16.5 Å². The molecule has 5 nitrogen and oxygen atoms in total. The number of aryl methyl sites for hydroxylation is 2. The summed E-state index contributed by atoms with van der Waals surface area (Å²) in [6.07, 6.45) is 0.968. The number of hydrogen-bond donors (Lipinski definition) is 1. The standard InChI is InChI=1S/C16H17N3O2S/c1-3-11-9(2)22-16-18-15(12(7-17)19(11)16)10-4-5-13-14(6-10)21-8-20-13/h4-6H,3,7-8,17H2,1-2H3. The summed E-state index contributed by atoms with van der Waals surface area (Å²) in [6.45, 7) is 5.03. The highest BCUT2D eigenvalue weighted by atomic mass is 32.1. The van der Waals surface area contributed by atoms with E-state index in [4.69, 9.17) is 20.2 Å². The van der Waals surface area contributed by atoms with Gasteiger partial charge in [-0.25, -0.2) is 4.98 Å². The van der Waals surface area contributed by atoms with Crippen molar-refractivity contribution in [2.45, 2.75) is 26.8 Å². The molecule has 0 fully saturated rings. The van der Waals surface area contributed by atoms with Gasteiger partial charge in [-0.15, -0.1) is 11.3 Å². The molecule has 0 radical (unpaired) electrons. The molecular weight excluding hydrogens is 298 g/mol. The molecule has 0 saturated carbocycles. The molecule has 4 rings (SSSR count). The zero-order valence-corrected chi connectivity index (χ0v) is 13.4. The van der Waals surface area contributed by atoms with E-state index in [9.17, 15) is 0 Å². The Hall–Kier alpha value is -2.05. The number of fused-ring (bicyclic) bond motifs is 2. The molecule has 2 N–H and O–H groups in total. The highest BCUT2D eigenvalue weighted by molar-refractivity contribution is 7.17. The second kappa shape index (κ2) is 5.00. The number of ether oxygens (including phenoxy) is 2. The SMILES string of the molecule is CCc1c(C)sc2nc(-c3ccc4c(c3)OCO4)c(CN)n12. The van der Waals surface area contributed by atoms with Crippen molar-refractivity contribution in [2.24, 2.45) is 5.73 Å². The molecular formula is C16H17N3O2S. The van der Waals surface area contributed by atoms with Crippen LogP contribution < -0.4 is 15.2 Å². The lowest BCUT2D eigenvalue weighted by molar-refractivity contribution is 0.174. The molecule has 114 valence electrons. The van der Waals surface area contributed by atoms with Crippen LogP contribution in [0.15, 0.2) is 18.2 Å². The molecule has 3 heterocycles. The number of hydrogen-bond acceptors (Lipinski definition) is 5. The summed E-state index contributed by atoms with van der Waals surface area (Å²) >= 11 is 1.71. The summed E-state index contributed by atoms with van der Waals surface area (Å²) in [6, 6.07) is 5.92. The van der Waals surface area contributed by atoms with Crippen molar-refractivity contribution in [1.29, 1.82) is 0 Å². The van der Waals surface area contributed by atoms with Crippen LogP contribution in [0, 0.1) is 6.92 Å². The Morgan fingerprint density at radius 1 is 1.27 bits per heavy atom. The summed E-state index contributed by atoms with van der Waals surface area (Å²) in [5.74, 6) is 1.55. The monoisotopic (exact) mass is 315 g/mol.